The third kappa shape index (κ3) is 2.76. The van der Waals surface area contributed by atoms with Gasteiger partial charge >= 0.3 is 0 Å². The zero-order chi connectivity index (χ0) is 15.0. The van der Waals surface area contributed by atoms with Crippen molar-refractivity contribution >= 4 is 37.7 Å². The van der Waals surface area contributed by atoms with E-state index in [4.69, 9.17) is 10.3 Å². The van der Waals surface area contributed by atoms with Crippen LogP contribution in [0, 0.1) is 6.92 Å². The molecule has 2 aromatic carbocycles. The molecule has 0 bridgehead atoms. The van der Waals surface area contributed by atoms with E-state index in [1.165, 1.54) is 0 Å². The average Bonchev–Trinajstić information content (AvgIpc) is 2.85. The van der Waals surface area contributed by atoms with Gasteiger partial charge in [-0.05, 0) is 42.3 Å². The highest BCUT2D eigenvalue weighted by atomic mass is 79.9. The molecule has 0 fully saturated rings. The molecule has 0 aliphatic carbocycles. The Morgan fingerprint density at radius 3 is 2.33 bits per heavy atom. The smallest absolute Gasteiger partial charge is 0.230 e. The van der Waals surface area contributed by atoms with Crippen molar-refractivity contribution in [3.05, 3.63) is 57.0 Å². The van der Waals surface area contributed by atoms with Gasteiger partial charge in [-0.15, -0.1) is 0 Å². The standard InChI is InChI=1S/C16H12Br2N2O/c1-9-8-11(4-7-13(9)18)15-14(16(19)21-20-15)10-2-5-12(17)6-3-10/h2-8H,19H2,1H3. The fraction of sp³-hybridized carbons (Fsp3) is 0.0625. The van der Waals surface area contributed by atoms with Crippen LogP contribution in [0.4, 0.5) is 5.88 Å². The summed E-state index contributed by atoms with van der Waals surface area (Å²) in [5.41, 5.74) is 10.6. The highest BCUT2D eigenvalue weighted by Gasteiger charge is 2.17. The summed E-state index contributed by atoms with van der Waals surface area (Å²) < 4.78 is 7.29. The molecule has 5 heteroatoms. The van der Waals surface area contributed by atoms with Crippen LogP contribution in [0.15, 0.2) is 55.9 Å². The van der Waals surface area contributed by atoms with Crippen molar-refractivity contribution in [3.8, 4) is 22.4 Å². The molecule has 0 aliphatic rings. The zero-order valence-electron chi connectivity index (χ0n) is 11.2. The number of aryl methyl sites for hydroxylation is 1. The van der Waals surface area contributed by atoms with Crippen LogP contribution in [-0.4, -0.2) is 5.16 Å². The van der Waals surface area contributed by atoms with E-state index in [-0.39, 0.29) is 0 Å². The lowest BCUT2D eigenvalue weighted by atomic mass is 10.00. The Labute approximate surface area is 139 Å². The van der Waals surface area contributed by atoms with Crippen molar-refractivity contribution in [1.29, 1.82) is 0 Å². The van der Waals surface area contributed by atoms with E-state index in [2.05, 4.69) is 43.1 Å². The lowest BCUT2D eigenvalue weighted by Crippen LogP contribution is -1.88. The monoisotopic (exact) mass is 406 g/mol. The maximum Gasteiger partial charge on any atom is 0.230 e. The van der Waals surface area contributed by atoms with E-state index < -0.39 is 0 Å². The topological polar surface area (TPSA) is 52.0 Å². The van der Waals surface area contributed by atoms with Crippen molar-refractivity contribution in [2.24, 2.45) is 0 Å². The molecule has 0 unspecified atom stereocenters. The number of hydrogen-bond acceptors (Lipinski definition) is 3. The fourth-order valence-electron chi connectivity index (χ4n) is 2.19. The first kappa shape index (κ1) is 14.4. The van der Waals surface area contributed by atoms with Gasteiger partial charge in [0.1, 0.15) is 5.69 Å². The fourth-order valence-corrected chi connectivity index (χ4v) is 2.70. The molecule has 0 atom stereocenters. The molecule has 0 radical (unpaired) electrons. The van der Waals surface area contributed by atoms with Gasteiger partial charge in [0, 0.05) is 14.5 Å². The van der Waals surface area contributed by atoms with E-state index in [9.17, 15) is 0 Å². The number of nitrogens with two attached hydrogens (primary N) is 1. The van der Waals surface area contributed by atoms with E-state index in [1.54, 1.807) is 0 Å². The van der Waals surface area contributed by atoms with Gasteiger partial charge < -0.3 is 10.3 Å². The van der Waals surface area contributed by atoms with Crippen LogP contribution in [0.3, 0.4) is 0 Å². The molecule has 21 heavy (non-hydrogen) atoms. The van der Waals surface area contributed by atoms with Crippen LogP contribution >= 0.6 is 31.9 Å². The van der Waals surface area contributed by atoms with Gasteiger partial charge in [-0.3, -0.25) is 0 Å². The normalized spacial score (nSPS) is 10.8. The molecule has 0 saturated heterocycles. The Morgan fingerprint density at radius 2 is 1.67 bits per heavy atom. The first-order chi connectivity index (χ1) is 10.1. The average molecular weight is 408 g/mol. The molecule has 2 N–H and O–H groups in total. The molecule has 0 amide bonds. The summed E-state index contributed by atoms with van der Waals surface area (Å²) in [6, 6.07) is 14.0. The van der Waals surface area contributed by atoms with Crippen molar-refractivity contribution in [2.75, 3.05) is 5.73 Å². The van der Waals surface area contributed by atoms with E-state index >= 15 is 0 Å². The Morgan fingerprint density at radius 1 is 1.00 bits per heavy atom. The molecule has 1 aromatic heterocycles. The number of nitrogens with zero attached hydrogens (tertiary/aromatic N) is 1. The number of halogens is 2. The van der Waals surface area contributed by atoms with Gasteiger partial charge in [0.2, 0.25) is 5.88 Å². The summed E-state index contributed by atoms with van der Waals surface area (Å²) in [5.74, 6) is 0.327. The highest BCUT2D eigenvalue weighted by Crippen LogP contribution is 2.37. The van der Waals surface area contributed by atoms with Crippen LogP contribution in [0.25, 0.3) is 22.4 Å². The Kier molecular flexibility index (Phi) is 3.87. The Hall–Kier alpha value is -1.59. The summed E-state index contributed by atoms with van der Waals surface area (Å²) in [4.78, 5) is 0. The van der Waals surface area contributed by atoms with Gasteiger partial charge in [-0.25, -0.2) is 0 Å². The predicted molar refractivity (Wildman–Crippen MR) is 91.9 cm³/mol. The molecule has 3 rings (SSSR count). The Bertz CT molecular complexity index is 795. The van der Waals surface area contributed by atoms with Gasteiger partial charge in [-0.1, -0.05) is 55.2 Å². The van der Waals surface area contributed by atoms with Gasteiger partial charge in [0.05, 0.1) is 5.56 Å². The van der Waals surface area contributed by atoms with Gasteiger partial charge in [-0.2, -0.15) is 0 Å². The molecule has 3 nitrogen and oxygen atoms in total. The van der Waals surface area contributed by atoms with E-state index in [0.29, 0.717) is 5.88 Å². The second-order valence-electron chi connectivity index (χ2n) is 4.74. The summed E-state index contributed by atoms with van der Waals surface area (Å²) in [5, 5.41) is 4.13. The Balaban J connectivity index is 2.16. The molecular weight excluding hydrogens is 396 g/mol. The minimum Gasteiger partial charge on any atom is -0.367 e. The molecule has 1 heterocycles. The number of anilines is 1. The second kappa shape index (κ2) is 5.66. The van der Waals surface area contributed by atoms with Crippen LogP contribution in [0.5, 0.6) is 0 Å². The lowest BCUT2D eigenvalue weighted by Gasteiger charge is -2.05. The molecule has 0 saturated carbocycles. The van der Waals surface area contributed by atoms with Gasteiger partial charge in [0.15, 0.2) is 0 Å². The maximum atomic E-state index is 5.97. The minimum atomic E-state index is 0.327. The lowest BCUT2D eigenvalue weighted by molar-refractivity contribution is 0.439. The second-order valence-corrected chi connectivity index (χ2v) is 6.51. The SMILES string of the molecule is Cc1cc(-c2noc(N)c2-c2ccc(Br)cc2)ccc1Br. The number of benzene rings is 2. The first-order valence-electron chi connectivity index (χ1n) is 6.34. The molecule has 0 spiro atoms. The third-order valence-electron chi connectivity index (χ3n) is 3.28. The van der Waals surface area contributed by atoms with E-state index in [1.807, 2.05) is 43.3 Å². The van der Waals surface area contributed by atoms with Crippen molar-refractivity contribution in [2.45, 2.75) is 6.92 Å². The molecular formula is C16H12Br2N2O. The molecule has 3 aromatic rings. The van der Waals surface area contributed by atoms with Crippen molar-refractivity contribution < 1.29 is 4.52 Å². The number of rotatable bonds is 2. The quantitative estimate of drug-likeness (QED) is 0.616. The van der Waals surface area contributed by atoms with Crippen molar-refractivity contribution in [3.63, 3.8) is 0 Å². The molecule has 0 aliphatic heterocycles. The predicted octanol–water partition coefficient (Wildman–Crippen LogP) is 5.42. The first-order valence-corrected chi connectivity index (χ1v) is 7.92. The number of aromatic nitrogens is 1. The molecule has 106 valence electrons. The maximum absolute atomic E-state index is 5.97. The summed E-state index contributed by atoms with van der Waals surface area (Å²) in [6.07, 6.45) is 0. The largest absolute Gasteiger partial charge is 0.367 e. The van der Waals surface area contributed by atoms with Crippen LogP contribution in [-0.2, 0) is 0 Å². The summed E-state index contributed by atoms with van der Waals surface area (Å²) in [7, 11) is 0. The zero-order valence-corrected chi connectivity index (χ0v) is 14.4. The summed E-state index contributed by atoms with van der Waals surface area (Å²) in [6.45, 7) is 2.04. The highest BCUT2D eigenvalue weighted by molar-refractivity contribution is 9.10. The third-order valence-corrected chi connectivity index (χ3v) is 4.70. The van der Waals surface area contributed by atoms with Crippen LogP contribution in [0.1, 0.15) is 5.56 Å². The van der Waals surface area contributed by atoms with E-state index in [0.717, 1.165) is 36.9 Å². The van der Waals surface area contributed by atoms with Crippen LogP contribution in [0.2, 0.25) is 0 Å². The van der Waals surface area contributed by atoms with Crippen LogP contribution < -0.4 is 5.73 Å². The number of nitrogen functional groups attached to an aromatic ring is 1. The minimum absolute atomic E-state index is 0.327. The number of hydrogen-bond donors (Lipinski definition) is 1. The van der Waals surface area contributed by atoms with Crippen molar-refractivity contribution in [1.82, 2.24) is 5.16 Å². The van der Waals surface area contributed by atoms with Gasteiger partial charge in [0.25, 0.3) is 0 Å². The summed E-state index contributed by atoms with van der Waals surface area (Å²) >= 11 is 6.94.